The Morgan fingerprint density at radius 3 is 2.78 bits per heavy atom. The lowest BCUT2D eigenvalue weighted by Crippen LogP contribution is -2.48. The van der Waals surface area contributed by atoms with Crippen LogP contribution < -0.4 is 10.9 Å². The van der Waals surface area contributed by atoms with Crippen molar-refractivity contribution in [3.8, 4) is 0 Å². The molecule has 1 saturated heterocycles. The van der Waals surface area contributed by atoms with Crippen molar-refractivity contribution in [2.45, 2.75) is 25.1 Å². The first-order chi connectivity index (χ1) is 15.3. The Labute approximate surface area is 186 Å². The number of thiophene rings is 1. The van der Waals surface area contributed by atoms with Crippen LogP contribution in [0.25, 0.3) is 10.1 Å². The van der Waals surface area contributed by atoms with Gasteiger partial charge in [0.05, 0.1) is 10.4 Å². The number of likely N-dealkylation sites (tertiary alicyclic amines) is 1. The van der Waals surface area contributed by atoms with Crippen molar-refractivity contribution < 1.29 is 18.0 Å². The summed E-state index contributed by atoms with van der Waals surface area (Å²) in [5, 5.41) is 3.32. The van der Waals surface area contributed by atoms with E-state index in [0.29, 0.717) is 39.9 Å². The Morgan fingerprint density at radius 1 is 1.12 bits per heavy atom. The molecule has 2 aromatic heterocycles. The highest BCUT2D eigenvalue weighted by Gasteiger charge is 2.34. The fraction of sp³-hybridized carbons (Fsp3) is 0.391. The predicted molar refractivity (Wildman–Crippen MR) is 117 cm³/mol. The fourth-order valence-electron chi connectivity index (χ4n) is 4.92. The molecule has 9 heteroatoms. The van der Waals surface area contributed by atoms with Crippen LogP contribution in [0.5, 0.6) is 0 Å². The van der Waals surface area contributed by atoms with Gasteiger partial charge in [-0.2, -0.15) is 13.2 Å². The van der Waals surface area contributed by atoms with Crippen LogP contribution in [0.2, 0.25) is 0 Å². The van der Waals surface area contributed by atoms with Crippen molar-refractivity contribution >= 4 is 27.3 Å². The van der Waals surface area contributed by atoms with Gasteiger partial charge in [-0.15, -0.1) is 11.3 Å². The molecule has 1 amide bonds. The molecule has 0 saturated carbocycles. The average Bonchev–Trinajstić information content (AvgIpc) is 3.17. The highest BCUT2D eigenvalue weighted by molar-refractivity contribution is 7.20. The number of fused-ring (bicyclic) bond motifs is 5. The van der Waals surface area contributed by atoms with Crippen molar-refractivity contribution in [3.05, 3.63) is 69.0 Å². The zero-order valence-electron chi connectivity index (χ0n) is 17.2. The lowest BCUT2D eigenvalue weighted by molar-refractivity contribution is -0.137. The molecule has 5 nitrogen and oxygen atoms in total. The van der Waals surface area contributed by atoms with Gasteiger partial charge in [-0.3, -0.25) is 9.59 Å². The first kappa shape index (κ1) is 21.2. The summed E-state index contributed by atoms with van der Waals surface area (Å²) in [5.41, 5.74) is 0.434. The minimum Gasteiger partial charge on any atom is -0.350 e. The van der Waals surface area contributed by atoms with Gasteiger partial charge in [-0.25, -0.2) is 0 Å². The third-order valence-corrected chi connectivity index (χ3v) is 7.45. The van der Waals surface area contributed by atoms with E-state index in [4.69, 9.17) is 0 Å². The van der Waals surface area contributed by atoms with Gasteiger partial charge in [0.25, 0.3) is 11.5 Å². The number of pyridine rings is 1. The molecule has 2 atom stereocenters. The smallest absolute Gasteiger partial charge is 0.350 e. The highest BCUT2D eigenvalue weighted by atomic mass is 32.1. The van der Waals surface area contributed by atoms with E-state index in [1.165, 1.54) is 23.5 Å². The van der Waals surface area contributed by atoms with E-state index in [1.807, 2.05) is 16.7 Å². The number of hydrogen-bond acceptors (Lipinski definition) is 4. The molecule has 32 heavy (non-hydrogen) atoms. The quantitative estimate of drug-likeness (QED) is 0.641. The maximum atomic E-state index is 12.9. The third kappa shape index (κ3) is 4.06. The van der Waals surface area contributed by atoms with Crippen molar-refractivity contribution in [3.63, 3.8) is 0 Å². The number of carbonyl (C=O) groups excluding carboxylic acids is 1. The molecule has 2 aliphatic rings. The molecule has 5 rings (SSSR count). The minimum atomic E-state index is -4.40. The number of aromatic nitrogens is 1. The summed E-state index contributed by atoms with van der Waals surface area (Å²) >= 11 is 1.19. The summed E-state index contributed by atoms with van der Waals surface area (Å²) in [4.78, 5) is 27.4. The molecular weight excluding hydrogens is 439 g/mol. The standard InChI is InChI=1S/C23H22F3N3O2S/c24-23(25,26)17-4-5-19-15(9-17)10-20(32-19)22(31)27-6-7-28-11-14-8-16(13-28)18-2-1-3-21(30)29(18)12-14/h1-5,9-10,14,16H,6-8,11-13H2,(H,27,31)/t14-,16+/m1/s1. The van der Waals surface area contributed by atoms with Crippen LogP contribution in [0.1, 0.15) is 33.3 Å². The van der Waals surface area contributed by atoms with Crippen LogP contribution in [-0.4, -0.2) is 41.6 Å². The number of nitrogens with zero attached hydrogens (tertiary/aromatic N) is 2. The van der Waals surface area contributed by atoms with Crippen molar-refractivity contribution in [2.75, 3.05) is 26.2 Å². The highest BCUT2D eigenvalue weighted by Crippen LogP contribution is 2.35. The van der Waals surface area contributed by atoms with Gasteiger partial charge in [0.2, 0.25) is 0 Å². The molecule has 2 aliphatic heterocycles. The number of benzene rings is 1. The lowest BCUT2D eigenvalue weighted by Gasteiger charge is -2.42. The van der Waals surface area contributed by atoms with E-state index in [0.717, 1.165) is 43.9 Å². The van der Waals surface area contributed by atoms with Crippen molar-refractivity contribution in [2.24, 2.45) is 5.92 Å². The van der Waals surface area contributed by atoms with Crippen LogP contribution in [0.15, 0.2) is 47.3 Å². The molecule has 168 valence electrons. The topological polar surface area (TPSA) is 54.3 Å². The molecule has 0 spiro atoms. The SMILES string of the molecule is O=C(NCCN1C[C@H]2C[C@@H](C1)c1cccc(=O)n1C2)c1cc2cc(C(F)(F)F)ccc2s1. The van der Waals surface area contributed by atoms with E-state index in [9.17, 15) is 22.8 Å². The molecular formula is C23H22F3N3O2S. The number of nitrogens with one attached hydrogen (secondary N) is 1. The first-order valence-electron chi connectivity index (χ1n) is 10.6. The summed E-state index contributed by atoms with van der Waals surface area (Å²) in [6.45, 7) is 3.62. The molecule has 1 N–H and O–H groups in total. The van der Waals surface area contributed by atoms with Gasteiger partial charge < -0.3 is 14.8 Å². The number of alkyl halides is 3. The summed E-state index contributed by atoms with van der Waals surface area (Å²) in [5.74, 6) is 0.467. The monoisotopic (exact) mass is 461 g/mol. The van der Waals surface area contributed by atoms with Gasteiger partial charge in [0.1, 0.15) is 0 Å². The summed E-state index contributed by atoms with van der Waals surface area (Å²) in [7, 11) is 0. The number of amides is 1. The summed E-state index contributed by atoms with van der Waals surface area (Å²) < 4.78 is 41.3. The average molecular weight is 462 g/mol. The molecule has 0 aliphatic carbocycles. The molecule has 4 heterocycles. The van der Waals surface area contributed by atoms with E-state index in [-0.39, 0.29) is 11.5 Å². The van der Waals surface area contributed by atoms with Gasteiger partial charge in [-0.1, -0.05) is 6.07 Å². The van der Waals surface area contributed by atoms with E-state index in [1.54, 1.807) is 6.07 Å². The van der Waals surface area contributed by atoms with Gasteiger partial charge in [-0.05, 0) is 48.1 Å². The Kier molecular flexibility index (Phi) is 5.33. The maximum absolute atomic E-state index is 12.9. The van der Waals surface area contributed by atoms with Gasteiger partial charge in [0.15, 0.2) is 0 Å². The second-order valence-electron chi connectivity index (χ2n) is 8.57. The normalized spacial score (nSPS) is 20.8. The van der Waals surface area contributed by atoms with Crippen LogP contribution in [0.4, 0.5) is 13.2 Å². The van der Waals surface area contributed by atoms with E-state index in [2.05, 4.69) is 10.2 Å². The Morgan fingerprint density at radius 2 is 1.97 bits per heavy atom. The molecule has 0 radical (unpaired) electrons. The molecule has 3 aromatic rings. The number of piperidine rings is 1. The van der Waals surface area contributed by atoms with E-state index >= 15 is 0 Å². The van der Waals surface area contributed by atoms with Crippen molar-refractivity contribution in [1.29, 1.82) is 0 Å². The van der Waals surface area contributed by atoms with Crippen molar-refractivity contribution in [1.82, 2.24) is 14.8 Å². The molecule has 2 bridgehead atoms. The van der Waals surface area contributed by atoms with Crippen LogP contribution in [0.3, 0.4) is 0 Å². The van der Waals surface area contributed by atoms with Gasteiger partial charge >= 0.3 is 6.18 Å². The molecule has 1 fully saturated rings. The lowest BCUT2D eigenvalue weighted by atomic mass is 9.83. The largest absolute Gasteiger partial charge is 0.416 e. The Balaban J connectivity index is 1.20. The number of hydrogen-bond donors (Lipinski definition) is 1. The number of halogens is 3. The van der Waals surface area contributed by atoms with Gasteiger partial charge in [0, 0.05) is 55.1 Å². The fourth-order valence-corrected chi connectivity index (χ4v) is 5.88. The Bertz CT molecular complexity index is 1230. The zero-order chi connectivity index (χ0) is 22.5. The zero-order valence-corrected chi connectivity index (χ0v) is 18.0. The maximum Gasteiger partial charge on any atom is 0.416 e. The minimum absolute atomic E-state index is 0.0589. The summed E-state index contributed by atoms with van der Waals surface area (Å²) in [6, 6.07) is 10.5. The second-order valence-corrected chi connectivity index (χ2v) is 9.66. The number of carbonyl (C=O) groups is 1. The van der Waals surface area contributed by atoms with E-state index < -0.39 is 11.7 Å². The summed E-state index contributed by atoms with van der Waals surface area (Å²) in [6.07, 6.45) is -3.33. The first-order valence-corrected chi connectivity index (χ1v) is 11.4. The predicted octanol–water partition coefficient (Wildman–Crippen LogP) is 3.93. The Hall–Kier alpha value is -2.65. The number of rotatable bonds is 4. The molecule has 1 aromatic carbocycles. The van der Waals surface area contributed by atoms with Crippen LogP contribution in [0, 0.1) is 5.92 Å². The molecule has 0 unspecified atom stereocenters. The second kappa shape index (κ2) is 8.04. The van der Waals surface area contributed by atoms with Crippen LogP contribution >= 0.6 is 11.3 Å². The van der Waals surface area contributed by atoms with Crippen LogP contribution in [-0.2, 0) is 12.7 Å². The third-order valence-electron chi connectivity index (χ3n) is 6.34.